The van der Waals surface area contributed by atoms with Crippen LogP contribution in [-0.2, 0) is 6.42 Å². The number of hydrogen-bond acceptors (Lipinski definition) is 2. The minimum atomic E-state index is -1.34. The Morgan fingerprint density at radius 1 is 1.17 bits per heavy atom. The second-order valence-corrected chi connectivity index (χ2v) is 5.66. The second kappa shape index (κ2) is 6.05. The third kappa shape index (κ3) is 2.88. The molecular formula is C17H10ClF2NO3. The van der Waals surface area contributed by atoms with E-state index in [9.17, 15) is 18.4 Å². The van der Waals surface area contributed by atoms with Crippen LogP contribution in [0.15, 0.2) is 41.3 Å². The molecule has 1 aromatic heterocycles. The Kier molecular flexibility index (Phi) is 4.07. The minimum absolute atomic E-state index is 0.164. The molecule has 0 fully saturated rings. The van der Waals surface area contributed by atoms with Crippen LogP contribution < -0.4 is 5.43 Å². The molecule has 0 aliphatic carbocycles. The number of aromatic amines is 1. The highest BCUT2D eigenvalue weighted by molar-refractivity contribution is 6.32. The van der Waals surface area contributed by atoms with Gasteiger partial charge in [0.25, 0.3) is 0 Å². The molecule has 3 rings (SSSR count). The lowest BCUT2D eigenvalue weighted by molar-refractivity contribution is 0.0695. The van der Waals surface area contributed by atoms with Gasteiger partial charge in [-0.25, -0.2) is 13.6 Å². The molecule has 0 aliphatic heterocycles. The Hall–Kier alpha value is -2.73. The summed E-state index contributed by atoms with van der Waals surface area (Å²) >= 11 is 6.17. The summed E-state index contributed by atoms with van der Waals surface area (Å²) in [5, 5.41) is 9.51. The number of carbonyl (C=O) groups is 1. The van der Waals surface area contributed by atoms with Gasteiger partial charge in [-0.2, -0.15) is 0 Å². The molecule has 2 N–H and O–H groups in total. The molecule has 3 aromatic rings. The molecule has 0 saturated heterocycles. The number of H-pyrrole nitrogens is 1. The Balaban J connectivity index is 2.12. The lowest BCUT2D eigenvalue weighted by Gasteiger charge is -2.08. The zero-order valence-corrected chi connectivity index (χ0v) is 12.8. The summed E-state index contributed by atoms with van der Waals surface area (Å²) in [6, 6.07) is 6.43. The average Bonchev–Trinajstić information content (AvgIpc) is 2.52. The van der Waals surface area contributed by atoms with Gasteiger partial charge in [-0.1, -0.05) is 17.7 Å². The van der Waals surface area contributed by atoms with Crippen molar-refractivity contribution >= 4 is 28.5 Å². The molecule has 0 bridgehead atoms. The summed E-state index contributed by atoms with van der Waals surface area (Å²) in [5.74, 6) is -3.27. The summed E-state index contributed by atoms with van der Waals surface area (Å²) in [6.45, 7) is 0. The largest absolute Gasteiger partial charge is 0.477 e. The van der Waals surface area contributed by atoms with Gasteiger partial charge in [0.15, 0.2) is 11.6 Å². The van der Waals surface area contributed by atoms with Crippen LogP contribution >= 0.6 is 11.6 Å². The zero-order chi connectivity index (χ0) is 17.4. The van der Waals surface area contributed by atoms with Crippen molar-refractivity contribution < 1.29 is 18.7 Å². The van der Waals surface area contributed by atoms with Crippen molar-refractivity contribution in [1.29, 1.82) is 0 Å². The number of carboxylic acid groups (broad SMARTS) is 1. The maximum atomic E-state index is 13.3. The van der Waals surface area contributed by atoms with Crippen LogP contribution in [0.5, 0.6) is 0 Å². The quantitative estimate of drug-likeness (QED) is 0.756. The van der Waals surface area contributed by atoms with Crippen molar-refractivity contribution in [3.05, 3.63) is 80.1 Å². The number of benzene rings is 2. The summed E-state index contributed by atoms with van der Waals surface area (Å²) in [4.78, 5) is 26.0. The van der Waals surface area contributed by atoms with Crippen molar-refractivity contribution in [2.75, 3.05) is 0 Å². The lowest BCUT2D eigenvalue weighted by atomic mass is 10.0. The van der Waals surface area contributed by atoms with Crippen LogP contribution in [0.3, 0.4) is 0 Å². The maximum Gasteiger partial charge on any atom is 0.341 e. The number of rotatable bonds is 3. The standard InChI is InChI=1S/C17H10ClF2NO3/c18-12-6-15-10(16(22)11(7-21-15)17(23)24)5-9(12)3-8-1-2-13(19)14(20)4-8/h1-2,4-7H,3H2,(H,21,22)(H,23,24). The first-order chi connectivity index (χ1) is 11.4. The summed E-state index contributed by atoms with van der Waals surface area (Å²) in [6.07, 6.45) is 1.28. The Morgan fingerprint density at radius 3 is 2.58 bits per heavy atom. The first-order valence-corrected chi connectivity index (χ1v) is 7.25. The van der Waals surface area contributed by atoms with Gasteiger partial charge in [-0.15, -0.1) is 0 Å². The molecule has 0 radical (unpaired) electrons. The van der Waals surface area contributed by atoms with E-state index >= 15 is 0 Å². The zero-order valence-electron chi connectivity index (χ0n) is 12.1. The number of pyridine rings is 1. The first-order valence-electron chi connectivity index (χ1n) is 6.88. The fourth-order valence-electron chi connectivity index (χ4n) is 2.45. The molecule has 0 atom stereocenters. The van der Waals surface area contributed by atoms with E-state index in [4.69, 9.17) is 16.7 Å². The predicted molar refractivity (Wildman–Crippen MR) is 85.7 cm³/mol. The number of aromatic carboxylic acids is 1. The van der Waals surface area contributed by atoms with Crippen molar-refractivity contribution in [3.8, 4) is 0 Å². The number of aromatic nitrogens is 1. The highest BCUT2D eigenvalue weighted by Gasteiger charge is 2.14. The molecule has 0 saturated carbocycles. The highest BCUT2D eigenvalue weighted by Crippen LogP contribution is 2.24. The molecule has 24 heavy (non-hydrogen) atoms. The van der Waals surface area contributed by atoms with E-state index in [2.05, 4.69) is 4.98 Å². The second-order valence-electron chi connectivity index (χ2n) is 5.25. The number of halogens is 3. The number of hydrogen-bond donors (Lipinski definition) is 2. The van der Waals surface area contributed by atoms with Crippen LogP contribution in [-0.4, -0.2) is 16.1 Å². The van der Waals surface area contributed by atoms with Gasteiger partial charge in [0, 0.05) is 16.6 Å². The predicted octanol–water partition coefficient (Wildman–Crippen LogP) is 3.75. The maximum absolute atomic E-state index is 13.3. The van der Waals surface area contributed by atoms with Crippen molar-refractivity contribution in [2.24, 2.45) is 0 Å². The summed E-state index contributed by atoms with van der Waals surface area (Å²) in [7, 11) is 0. The van der Waals surface area contributed by atoms with Gasteiger partial charge in [-0.05, 0) is 41.8 Å². The van der Waals surface area contributed by atoms with Crippen LogP contribution in [0, 0.1) is 11.6 Å². The van der Waals surface area contributed by atoms with E-state index in [0.717, 1.165) is 18.3 Å². The minimum Gasteiger partial charge on any atom is -0.477 e. The van der Waals surface area contributed by atoms with Gasteiger partial charge in [0.05, 0.1) is 5.52 Å². The van der Waals surface area contributed by atoms with Gasteiger partial charge >= 0.3 is 5.97 Å². The van der Waals surface area contributed by atoms with Crippen LogP contribution in [0.2, 0.25) is 5.02 Å². The fraction of sp³-hybridized carbons (Fsp3) is 0.0588. The lowest BCUT2D eigenvalue weighted by Crippen LogP contribution is -2.15. The van der Waals surface area contributed by atoms with Gasteiger partial charge in [0.1, 0.15) is 5.56 Å². The van der Waals surface area contributed by atoms with Crippen LogP contribution in [0.1, 0.15) is 21.5 Å². The van der Waals surface area contributed by atoms with E-state index in [-0.39, 0.29) is 17.4 Å². The SMILES string of the molecule is O=C(O)c1c[nH]c2cc(Cl)c(Cc3ccc(F)c(F)c3)cc2c1=O. The molecular weight excluding hydrogens is 340 g/mol. The van der Waals surface area contributed by atoms with E-state index in [1.54, 1.807) is 0 Å². The molecule has 0 aliphatic rings. The van der Waals surface area contributed by atoms with Gasteiger partial charge < -0.3 is 10.1 Å². The summed E-state index contributed by atoms with van der Waals surface area (Å²) in [5.41, 5.74) is 0.344. The highest BCUT2D eigenvalue weighted by atomic mass is 35.5. The monoisotopic (exact) mass is 349 g/mol. The Morgan fingerprint density at radius 2 is 1.92 bits per heavy atom. The van der Waals surface area contributed by atoms with Crippen molar-refractivity contribution in [1.82, 2.24) is 4.98 Å². The molecule has 0 spiro atoms. The number of nitrogens with one attached hydrogen (secondary N) is 1. The molecule has 4 nitrogen and oxygen atoms in total. The molecule has 7 heteroatoms. The van der Waals surface area contributed by atoms with E-state index < -0.39 is 23.0 Å². The topological polar surface area (TPSA) is 70.2 Å². The normalized spacial score (nSPS) is 11.0. The number of fused-ring (bicyclic) bond motifs is 1. The smallest absolute Gasteiger partial charge is 0.341 e. The average molecular weight is 350 g/mol. The van der Waals surface area contributed by atoms with Gasteiger partial charge in [-0.3, -0.25) is 4.79 Å². The third-order valence-electron chi connectivity index (χ3n) is 3.66. The van der Waals surface area contributed by atoms with E-state index in [1.165, 1.54) is 18.2 Å². The molecule has 0 unspecified atom stereocenters. The molecule has 2 aromatic carbocycles. The van der Waals surface area contributed by atoms with Gasteiger partial charge in [0.2, 0.25) is 5.43 Å². The Labute approximate surface area is 139 Å². The van der Waals surface area contributed by atoms with Crippen molar-refractivity contribution in [2.45, 2.75) is 6.42 Å². The molecule has 122 valence electrons. The van der Waals surface area contributed by atoms with Crippen molar-refractivity contribution in [3.63, 3.8) is 0 Å². The van der Waals surface area contributed by atoms with Crippen LogP contribution in [0.25, 0.3) is 10.9 Å². The fourth-order valence-corrected chi connectivity index (χ4v) is 2.68. The first kappa shape index (κ1) is 16.1. The van der Waals surface area contributed by atoms with E-state index in [1.807, 2.05) is 0 Å². The Bertz CT molecular complexity index is 1030. The van der Waals surface area contributed by atoms with Crippen LogP contribution in [0.4, 0.5) is 8.78 Å². The number of carboxylic acids is 1. The molecule has 1 heterocycles. The molecule has 0 amide bonds. The van der Waals surface area contributed by atoms with E-state index in [0.29, 0.717) is 21.7 Å². The third-order valence-corrected chi connectivity index (χ3v) is 4.01. The summed E-state index contributed by atoms with van der Waals surface area (Å²) < 4.78 is 26.3.